The highest BCUT2D eigenvalue weighted by molar-refractivity contribution is 5.82. The first-order valence-electron chi connectivity index (χ1n) is 4.78. The monoisotopic (exact) mass is 193 g/mol. The molecular formula is C11H15NO2. The van der Waals surface area contributed by atoms with Gasteiger partial charge in [-0.3, -0.25) is 10.0 Å². The number of carbonyl (C=O) groups is 1. The number of hydrogen-bond donors (Lipinski definition) is 2. The van der Waals surface area contributed by atoms with Gasteiger partial charge < -0.3 is 0 Å². The topological polar surface area (TPSA) is 49.3 Å². The van der Waals surface area contributed by atoms with Crippen molar-refractivity contribution in [2.75, 3.05) is 0 Å². The molecule has 0 heterocycles. The quantitative estimate of drug-likeness (QED) is 0.568. The van der Waals surface area contributed by atoms with Crippen LogP contribution >= 0.6 is 0 Å². The lowest BCUT2D eigenvalue weighted by Gasteiger charge is -2.13. The molecule has 0 unspecified atom stereocenters. The predicted octanol–water partition coefficient (Wildman–Crippen LogP) is 2.08. The van der Waals surface area contributed by atoms with Crippen LogP contribution in [-0.4, -0.2) is 11.1 Å². The lowest BCUT2D eigenvalue weighted by molar-refractivity contribution is -0.130. The molecular weight excluding hydrogens is 178 g/mol. The lowest BCUT2D eigenvalue weighted by atomic mass is 9.94. The Balaban J connectivity index is 2.83. The van der Waals surface area contributed by atoms with Gasteiger partial charge in [-0.05, 0) is 12.0 Å². The van der Waals surface area contributed by atoms with E-state index in [0.29, 0.717) is 0 Å². The molecule has 0 fully saturated rings. The van der Waals surface area contributed by atoms with Gasteiger partial charge in [0.05, 0.1) is 5.92 Å². The SMILES string of the molecule is CCC[C@H](C(=O)NO)c1ccccc1. The number of hydrogen-bond acceptors (Lipinski definition) is 2. The summed E-state index contributed by atoms with van der Waals surface area (Å²) in [7, 11) is 0. The van der Waals surface area contributed by atoms with Crippen molar-refractivity contribution in [1.82, 2.24) is 5.48 Å². The molecule has 0 saturated heterocycles. The molecule has 1 rings (SSSR count). The molecule has 76 valence electrons. The van der Waals surface area contributed by atoms with Gasteiger partial charge in [-0.2, -0.15) is 0 Å². The maximum atomic E-state index is 11.3. The summed E-state index contributed by atoms with van der Waals surface area (Å²) in [5.74, 6) is -0.579. The minimum atomic E-state index is -0.335. The molecule has 0 aliphatic rings. The van der Waals surface area contributed by atoms with Gasteiger partial charge in [0.1, 0.15) is 0 Å². The van der Waals surface area contributed by atoms with Crippen molar-refractivity contribution in [2.45, 2.75) is 25.7 Å². The second-order valence-corrected chi connectivity index (χ2v) is 3.23. The second-order valence-electron chi connectivity index (χ2n) is 3.23. The Morgan fingerprint density at radius 3 is 2.57 bits per heavy atom. The average molecular weight is 193 g/mol. The van der Waals surface area contributed by atoms with E-state index >= 15 is 0 Å². The van der Waals surface area contributed by atoms with E-state index in [-0.39, 0.29) is 11.8 Å². The molecule has 14 heavy (non-hydrogen) atoms. The van der Waals surface area contributed by atoms with Crippen LogP contribution in [0.4, 0.5) is 0 Å². The molecule has 1 atom stereocenters. The van der Waals surface area contributed by atoms with Crippen molar-refractivity contribution in [1.29, 1.82) is 0 Å². The Morgan fingerprint density at radius 2 is 2.07 bits per heavy atom. The summed E-state index contributed by atoms with van der Waals surface area (Å²) in [6, 6.07) is 9.49. The fraction of sp³-hybridized carbons (Fsp3) is 0.364. The van der Waals surface area contributed by atoms with Gasteiger partial charge in [0.25, 0.3) is 5.91 Å². The van der Waals surface area contributed by atoms with Crippen molar-refractivity contribution >= 4 is 5.91 Å². The first kappa shape index (κ1) is 10.7. The molecule has 0 spiro atoms. The minimum absolute atomic E-state index is 0.244. The summed E-state index contributed by atoms with van der Waals surface area (Å²) in [5.41, 5.74) is 2.65. The van der Waals surface area contributed by atoms with Crippen LogP contribution in [0.2, 0.25) is 0 Å². The molecule has 0 aromatic heterocycles. The van der Waals surface area contributed by atoms with Gasteiger partial charge in [0.15, 0.2) is 0 Å². The van der Waals surface area contributed by atoms with E-state index in [1.54, 1.807) is 5.48 Å². The van der Waals surface area contributed by atoms with Gasteiger partial charge >= 0.3 is 0 Å². The van der Waals surface area contributed by atoms with E-state index in [2.05, 4.69) is 0 Å². The highest BCUT2D eigenvalue weighted by Crippen LogP contribution is 2.20. The van der Waals surface area contributed by atoms with Crippen LogP contribution in [0.5, 0.6) is 0 Å². The van der Waals surface area contributed by atoms with Crippen molar-refractivity contribution in [2.24, 2.45) is 0 Å². The fourth-order valence-corrected chi connectivity index (χ4v) is 1.50. The third kappa shape index (κ3) is 2.57. The first-order valence-corrected chi connectivity index (χ1v) is 4.78. The number of nitrogens with one attached hydrogen (secondary N) is 1. The van der Waals surface area contributed by atoms with Crippen molar-refractivity contribution < 1.29 is 10.0 Å². The Labute approximate surface area is 83.7 Å². The van der Waals surface area contributed by atoms with E-state index in [4.69, 9.17) is 5.21 Å². The summed E-state index contributed by atoms with van der Waals surface area (Å²) < 4.78 is 0. The van der Waals surface area contributed by atoms with Gasteiger partial charge in [-0.1, -0.05) is 43.7 Å². The van der Waals surface area contributed by atoms with Crippen LogP contribution in [0.1, 0.15) is 31.2 Å². The van der Waals surface area contributed by atoms with Crippen LogP contribution < -0.4 is 5.48 Å². The maximum absolute atomic E-state index is 11.3. The molecule has 0 radical (unpaired) electrons. The van der Waals surface area contributed by atoms with E-state index in [1.807, 2.05) is 37.3 Å². The molecule has 0 bridgehead atoms. The third-order valence-electron chi connectivity index (χ3n) is 2.21. The summed E-state index contributed by atoms with van der Waals surface area (Å²) >= 11 is 0. The van der Waals surface area contributed by atoms with Gasteiger partial charge in [-0.15, -0.1) is 0 Å². The van der Waals surface area contributed by atoms with Gasteiger partial charge in [0.2, 0.25) is 0 Å². The molecule has 2 N–H and O–H groups in total. The van der Waals surface area contributed by atoms with E-state index in [9.17, 15) is 4.79 Å². The molecule has 3 nitrogen and oxygen atoms in total. The zero-order chi connectivity index (χ0) is 10.4. The normalized spacial score (nSPS) is 12.1. The van der Waals surface area contributed by atoms with E-state index in [1.165, 1.54) is 0 Å². The summed E-state index contributed by atoms with van der Waals surface area (Å²) in [5, 5.41) is 8.59. The van der Waals surface area contributed by atoms with E-state index in [0.717, 1.165) is 18.4 Å². The third-order valence-corrected chi connectivity index (χ3v) is 2.21. The van der Waals surface area contributed by atoms with Crippen LogP contribution in [-0.2, 0) is 4.79 Å². The Bertz CT molecular complexity index is 285. The van der Waals surface area contributed by atoms with Crippen LogP contribution in [0.15, 0.2) is 30.3 Å². The minimum Gasteiger partial charge on any atom is -0.289 e. The van der Waals surface area contributed by atoms with Crippen LogP contribution in [0, 0.1) is 0 Å². The Kier molecular flexibility index (Phi) is 4.13. The highest BCUT2D eigenvalue weighted by atomic mass is 16.5. The first-order chi connectivity index (χ1) is 6.79. The van der Waals surface area contributed by atoms with Crippen molar-refractivity contribution in [3.8, 4) is 0 Å². The molecule has 0 aliphatic heterocycles. The van der Waals surface area contributed by atoms with E-state index < -0.39 is 0 Å². The number of rotatable bonds is 4. The summed E-state index contributed by atoms with van der Waals surface area (Å²) in [6.07, 6.45) is 1.66. The molecule has 1 amide bonds. The van der Waals surface area contributed by atoms with Crippen LogP contribution in [0.3, 0.4) is 0 Å². The number of amides is 1. The zero-order valence-corrected chi connectivity index (χ0v) is 8.23. The predicted molar refractivity (Wildman–Crippen MR) is 54.0 cm³/mol. The Morgan fingerprint density at radius 1 is 1.43 bits per heavy atom. The zero-order valence-electron chi connectivity index (χ0n) is 8.23. The van der Waals surface area contributed by atoms with Crippen molar-refractivity contribution in [3.63, 3.8) is 0 Å². The maximum Gasteiger partial charge on any atom is 0.250 e. The molecule has 0 aliphatic carbocycles. The van der Waals surface area contributed by atoms with Crippen LogP contribution in [0.25, 0.3) is 0 Å². The molecule has 1 aromatic carbocycles. The number of hydroxylamine groups is 1. The second kappa shape index (κ2) is 5.40. The fourth-order valence-electron chi connectivity index (χ4n) is 1.50. The smallest absolute Gasteiger partial charge is 0.250 e. The summed E-state index contributed by atoms with van der Waals surface area (Å²) in [6.45, 7) is 2.01. The molecule has 1 aromatic rings. The van der Waals surface area contributed by atoms with Gasteiger partial charge in [-0.25, -0.2) is 5.48 Å². The number of carbonyl (C=O) groups excluding carboxylic acids is 1. The molecule has 0 saturated carbocycles. The average Bonchev–Trinajstić information content (AvgIpc) is 2.26. The Hall–Kier alpha value is -1.35. The molecule has 3 heteroatoms. The summed E-state index contributed by atoms with van der Waals surface area (Å²) in [4.78, 5) is 11.3. The lowest BCUT2D eigenvalue weighted by Crippen LogP contribution is -2.26. The number of benzene rings is 1. The van der Waals surface area contributed by atoms with Gasteiger partial charge in [0, 0.05) is 0 Å². The largest absolute Gasteiger partial charge is 0.289 e. The van der Waals surface area contributed by atoms with Crippen molar-refractivity contribution in [3.05, 3.63) is 35.9 Å². The highest BCUT2D eigenvalue weighted by Gasteiger charge is 2.18. The standard InChI is InChI=1S/C11H15NO2/c1-2-6-10(11(13)12-14)9-7-4-3-5-8-9/h3-5,7-8,10,14H,2,6H2,1H3,(H,12,13)/t10-/m0/s1.